The molecule has 2 aromatic carbocycles. The Bertz CT molecular complexity index is 515. The van der Waals surface area contributed by atoms with Crippen LogP contribution in [-0.2, 0) is 4.79 Å². The predicted molar refractivity (Wildman–Crippen MR) is 68.6 cm³/mol. The van der Waals surface area contributed by atoms with Crippen LogP contribution >= 0.6 is 0 Å². The van der Waals surface area contributed by atoms with Gasteiger partial charge in [-0.1, -0.05) is 12.1 Å². The molecule has 0 aliphatic heterocycles. The van der Waals surface area contributed by atoms with E-state index in [4.69, 9.17) is 5.73 Å². The summed E-state index contributed by atoms with van der Waals surface area (Å²) in [5, 5.41) is 1.62. The van der Waals surface area contributed by atoms with Crippen LogP contribution in [0.5, 0.6) is 0 Å². The number of rotatable bonds is 2. The number of hydrogen-bond acceptors (Lipinski definition) is 2. The second kappa shape index (κ2) is 4.80. The Balaban J connectivity index is 2.23. The molecule has 0 spiro atoms. The van der Waals surface area contributed by atoms with Crippen molar-refractivity contribution in [2.24, 2.45) is 0 Å². The molecule has 0 saturated heterocycles. The van der Waals surface area contributed by atoms with E-state index in [9.17, 15) is 4.79 Å². The highest BCUT2D eigenvalue weighted by Crippen LogP contribution is 2.21. The van der Waals surface area contributed by atoms with Crippen molar-refractivity contribution in [3.63, 3.8) is 0 Å². The van der Waals surface area contributed by atoms with E-state index >= 15 is 0 Å². The molecule has 0 saturated carbocycles. The van der Waals surface area contributed by atoms with E-state index in [0.29, 0.717) is 0 Å². The molecule has 0 aromatic heterocycles. The minimum Gasteiger partial charge on any atom is -0.399 e. The third kappa shape index (κ3) is 2.92. The van der Waals surface area contributed by atoms with Crippen molar-refractivity contribution in [3.8, 4) is 11.1 Å². The lowest BCUT2D eigenvalue weighted by Gasteiger charge is -2.02. The SMILES string of the molecule is CC(=O)[NH2+]c1ccc(-c2ccc(N)cc2)cc1. The fraction of sp³-hybridized carbons (Fsp3) is 0.0714. The summed E-state index contributed by atoms with van der Waals surface area (Å²) in [4.78, 5) is 10.9. The zero-order chi connectivity index (χ0) is 12.3. The summed E-state index contributed by atoms with van der Waals surface area (Å²) in [6.07, 6.45) is 0. The topological polar surface area (TPSA) is 59.7 Å². The second-order valence-electron chi connectivity index (χ2n) is 4.00. The first-order valence-corrected chi connectivity index (χ1v) is 5.46. The van der Waals surface area contributed by atoms with E-state index in [1.807, 2.05) is 48.5 Å². The average molecular weight is 227 g/mol. The van der Waals surface area contributed by atoms with Gasteiger partial charge in [0.05, 0.1) is 6.92 Å². The number of primary amides is 1. The molecular formula is C14H15N2O+. The van der Waals surface area contributed by atoms with Gasteiger partial charge in [-0.3, -0.25) is 5.32 Å². The van der Waals surface area contributed by atoms with Crippen molar-refractivity contribution >= 4 is 17.3 Å². The highest BCUT2D eigenvalue weighted by Gasteiger charge is 2.02. The van der Waals surface area contributed by atoms with Gasteiger partial charge >= 0.3 is 5.91 Å². The van der Waals surface area contributed by atoms with Crippen molar-refractivity contribution in [2.75, 3.05) is 5.73 Å². The van der Waals surface area contributed by atoms with Crippen LogP contribution in [0.1, 0.15) is 6.92 Å². The summed E-state index contributed by atoms with van der Waals surface area (Å²) in [6.45, 7) is 1.55. The highest BCUT2D eigenvalue weighted by atomic mass is 16.1. The van der Waals surface area contributed by atoms with Gasteiger partial charge < -0.3 is 5.73 Å². The molecule has 0 aliphatic rings. The van der Waals surface area contributed by atoms with Gasteiger partial charge in [-0.25, -0.2) is 4.79 Å². The van der Waals surface area contributed by atoms with Crippen molar-refractivity contribution in [3.05, 3.63) is 48.5 Å². The molecule has 0 radical (unpaired) electrons. The second-order valence-corrected chi connectivity index (χ2v) is 4.00. The minimum absolute atomic E-state index is 0.0604. The van der Waals surface area contributed by atoms with Gasteiger partial charge in [0, 0.05) is 17.8 Å². The molecule has 0 bridgehead atoms. The van der Waals surface area contributed by atoms with Gasteiger partial charge in [0.2, 0.25) is 0 Å². The number of amides is 1. The maximum atomic E-state index is 10.9. The summed E-state index contributed by atoms with van der Waals surface area (Å²) in [7, 11) is 0. The zero-order valence-electron chi connectivity index (χ0n) is 9.68. The number of carbonyl (C=O) groups excluding carboxylic acids is 1. The van der Waals surface area contributed by atoms with E-state index in [-0.39, 0.29) is 5.91 Å². The third-order valence-electron chi connectivity index (χ3n) is 2.52. The summed E-state index contributed by atoms with van der Waals surface area (Å²) in [5.41, 5.74) is 9.56. The molecule has 4 N–H and O–H groups in total. The standard InChI is InChI=1S/C14H14N2O/c1-10(17)16-14-8-4-12(5-9-14)11-2-6-13(15)7-3-11/h2-9H,15H2,1H3,(H,16,17)/p+1. The molecule has 86 valence electrons. The fourth-order valence-electron chi connectivity index (χ4n) is 1.68. The molecule has 2 rings (SSSR count). The quantitative estimate of drug-likeness (QED) is 0.767. The van der Waals surface area contributed by atoms with Gasteiger partial charge in [0.15, 0.2) is 0 Å². The Kier molecular flexibility index (Phi) is 3.21. The Morgan fingerprint density at radius 3 is 1.88 bits per heavy atom. The van der Waals surface area contributed by atoms with Crippen LogP contribution in [0.15, 0.2) is 48.5 Å². The summed E-state index contributed by atoms with van der Waals surface area (Å²) < 4.78 is 0. The van der Waals surface area contributed by atoms with E-state index in [2.05, 4.69) is 0 Å². The number of anilines is 1. The average Bonchev–Trinajstić information content (AvgIpc) is 2.30. The van der Waals surface area contributed by atoms with Crippen LogP contribution in [0.4, 0.5) is 11.4 Å². The first-order chi connectivity index (χ1) is 8.15. The van der Waals surface area contributed by atoms with E-state index in [1.54, 1.807) is 12.2 Å². The molecule has 3 nitrogen and oxygen atoms in total. The van der Waals surface area contributed by atoms with E-state index in [1.165, 1.54) is 0 Å². The highest BCUT2D eigenvalue weighted by molar-refractivity contribution is 5.68. The predicted octanol–water partition coefficient (Wildman–Crippen LogP) is 1.68. The van der Waals surface area contributed by atoms with Crippen LogP contribution in [0.3, 0.4) is 0 Å². The molecule has 0 fully saturated rings. The van der Waals surface area contributed by atoms with E-state index < -0.39 is 0 Å². The number of nitrogens with two attached hydrogens (primary N) is 2. The van der Waals surface area contributed by atoms with Gasteiger partial charge in [-0.15, -0.1) is 0 Å². The number of benzene rings is 2. The lowest BCUT2D eigenvalue weighted by Crippen LogP contribution is -2.81. The van der Waals surface area contributed by atoms with Gasteiger partial charge in [0.25, 0.3) is 0 Å². The first-order valence-electron chi connectivity index (χ1n) is 5.46. The van der Waals surface area contributed by atoms with Crippen LogP contribution < -0.4 is 11.1 Å². The molecule has 0 atom stereocenters. The molecule has 0 unspecified atom stereocenters. The lowest BCUT2D eigenvalue weighted by atomic mass is 10.1. The van der Waals surface area contributed by atoms with Crippen molar-refractivity contribution in [2.45, 2.75) is 6.92 Å². The minimum atomic E-state index is 0.0604. The van der Waals surface area contributed by atoms with E-state index in [0.717, 1.165) is 22.5 Å². The largest absolute Gasteiger partial charge is 0.399 e. The molecule has 1 amide bonds. The normalized spacial score (nSPS) is 10.2. The monoisotopic (exact) mass is 227 g/mol. The smallest absolute Gasteiger partial charge is 0.312 e. The van der Waals surface area contributed by atoms with Crippen molar-refractivity contribution < 1.29 is 10.1 Å². The zero-order valence-corrected chi connectivity index (χ0v) is 9.68. The van der Waals surface area contributed by atoms with Gasteiger partial charge in [0.1, 0.15) is 5.69 Å². The van der Waals surface area contributed by atoms with Crippen molar-refractivity contribution in [1.82, 2.24) is 0 Å². The molecule has 17 heavy (non-hydrogen) atoms. The van der Waals surface area contributed by atoms with Gasteiger partial charge in [-0.05, 0) is 35.4 Å². The van der Waals surface area contributed by atoms with Crippen molar-refractivity contribution in [1.29, 1.82) is 0 Å². The summed E-state index contributed by atoms with van der Waals surface area (Å²) >= 11 is 0. The summed E-state index contributed by atoms with van der Waals surface area (Å²) in [5.74, 6) is 0.0604. The number of nitrogen functional groups attached to an aromatic ring is 1. The third-order valence-corrected chi connectivity index (χ3v) is 2.52. The molecule has 3 heteroatoms. The van der Waals surface area contributed by atoms with Crippen LogP contribution in [0.2, 0.25) is 0 Å². The Morgan fingerprint density at radius 2 is 1.41 bits per heavy atom. The van der Waals surface area contributed by atoms with Crippen LogP contribution in [0.25, 0.3) is 11.1 Å². The number of hydrogen-bond donors (Lipinski definition) is 2. The maximum absolute atomic E-state index is 10.9. The Hall–Kier alpha value is -2.13. The Morgan fingerprint density at radius 1 is 0.941 bits per heavy atom. The summed E-state index contributed by atoms with van der Waals surface area (Å²) in [6, 6.07) is 15.6. The molecule has 0 aliphatic carbocycles. The Labute approximate surface area is 100 Å². The first kappa shape index (κ1) is 11.4. The van der Waals surface area contributed by atoms with Gasteiger partial charge in [-0.2, -0.15) is 0 Å². The molecular weight excluding hydrogens is 212 g/mol. The van der Waals surface area contributed by atoms with Crippen LogP contribution in [-0.4, -0.2) is 5.91 Å². The lowest BCUT2D eigenvalue weighted by molar-refractivity contribution is -0.481. The van der Waals surface area contributed by atoms with Crippen LogP contribution in [0, 0.1) is 0 Å². The maximum Gasteiger partial charge on any atom is 0.312 e. The molecule has 2 aromatic rings. The number of quaternary nitrogens is 1. The molecule has 0 heterocycles. The fourth-order valence-corrected chi connectivity index (χ4v) is 1.68. The number of carbonyl (C=O) groups is 1.